The van der Waals surface area contributed by atoms with Crippen LogP contribution in [0.2, 0.25) is 0 Å². The van der Waals surface area contributed by atoms with Gasteiger partial charge in [0.15, 0.2) is 0 Å². The molecule has 0 saturated carbocycles. The Hall–Kier alpha value is -2.29. The third kappa shape index (κ3) is 3.58. The molecule has 0 unspecified atom stereocenters. The van der Waals surface area contributed by atoms with Crippen LogP contribution in [0.25, 0.3) is 0 Å². The molecule has 1 amide bonds. The van der Waals surface area contributed by atoms with Crippen molar-refractivity contribution in [3.8, 4) is 0 Å². The molecule has 3 heteroatoms. The number of nitrogens with one attached hydrogen (secondary N) is 1. The third-order valence-electron chi connectivity index (χ3n) is 2.99. The molecule has 0 atom stereocenters. The van der Waals surface area contributed by atoms with Crippen molar-refractivity contribution in [1.82, 2.24) is 0 Å². The summed E-state index contributed by atoms with van der Waals surface area (Å²) < 4.78 is 0. The van der Waals surface area contributed by atoms with Crippen molar-refractivity contribution in [3.63, 3.8) is 0 Å². The maximum absolute atomic E-state index is 12.0. The monoisotopic (exact) mass is 254 g/mol. The van der Waals surface area contributed by atoms with E-state index in [1.807, 2.05) is 49.4 Å². The van der Waals surface area contributed by atoms with Gasteiger partial charge in [-0.25, -0.2) is 0 Å². The first-order valence-electron chi connectivity index (χ1n) is 6.41. The predicted octanol–water partition coefficient (Wildman–Crippen LogP) is 3.01. The van der Waals surface area contributed by atoms with Crippen LogP contribution < -0.4 is 11.1 Å². The minimum atomic E-state index is -0.00864. The second-order valence-corrected chi connectivity index (χ2v) is 4.48. The largest absolute Gasteiger partial charge is 0.399 e. The number of amides is 1. The van der Waals surface area contributed by atoms with E-state index in [1.54, 1.807) is 6.07 Å². The molecule has 19 heavy (non-hydrogen) atoms. The van der Waals surface area contributed by atoms with E-state index in [2.05, 4.69) is 5.32 Å². The maximum Gasteiger partial charge on any atom is 0.228 e. The van der Waals surface area contributed by atoms with Gasteiger partial charge in [0.1, 0.15) is 0 Å². The lowest BCUT2D eigenvalue weighted by molar-refractivity contribution is -0.115. The van der Waals surface area contributed by atoms with E-state index in [9.17, 15) is 4.79 Å². The zero-order chi connectivity index (χ0) is 13.7. The summed E-state index contributed by atoms with van der Waals surface area (Å²) in [6.07, 6.45) is 1.22. The molecule has 0 heterocycles. The first-order valence-corrected chi connectivity index (χ1v) is 6.41. The van der Waals surface area contributed by atoms with Crippen molar-refractivity contribution < 1.29 is 4.79 Å². The average Bonchev–Trinajstić information content (AvgIpc) is 2.42. The maximum atomic E-state index is 12.0. The Morgan fingerprint density at radius 2 is 1.89 bits per heavy atom. The SMILES string of the molecule is CCc1cc(N)ccc1NC(=O)Cc1ccccc1. The van der Waals surface area contributed by atoms with Gasteiger partial charge >= 0.3 is 0 Å². The fourth-order valence-electron chi connectivity index (χ4n) is 2.00. The topological polar surface area (TPSA) is 55.1 Å². The molecule has 3 N–H and O–H groups in total. The van der Waals surface area contributed by atoms with Gasteiger partial charge in [-0.1, -0.05) is 37.3 Å². The lowest BCUT2D eigenvalue weighted by Gasteiger charge is -2.10. The van der Waals surface area contributed by atoms with Crippen molar-refractivity contribution in [2.45, 2.75) is 19.8 Å². The van der Waals surface area contributed by atoms with Gasteiger partial charge in [0.05, 0.1) is 6.42 Å². The lowest BCUT2D eigenvalue weighted by Crippen LogP contribution is -2.15. The zero-order valence-electron chi connectivity index (χ0n) is 11.0. The van der Waals surface area contributed by atoms with Gasteiger partial charge in [0, 0.05) is 11.4 Å². The molecule has 2 rings (SSSR count). The molecule has 0 aromatic heterocycles. The summed E-state index contributed by atoms with van der Waals surface area (Å²) in [6.45, 7) is 2.04. The molecular weight excluding hydrogens is 236 g/mol. The summed E-state index contributed by atoms with van der Waals surface area (Å²) >= 11 is 0. The van der Waals surface area contributed by atoms with Crippen LogP contribution in [0.3, 0.4) is 0 Å². The summed E-state index contributed by atoms with van der Waals surface area (Å²) in [7, 11) is 0. The second-order valence-electron chi connectivity index (χ2n) is 4.48. The number of carbonyl (C=O) groups is 1. The van der Waals surface area contributed by atoms with Gasteiger partial charge in [0.25, 0.3) is 0 Å². The number of anilines is 2. The Bertz CT molecular complexity index is 564. The van der Waals surface area contributed by atoms with Crippen LogP contribution in [0.1, 0.15) is 18.1 Å². The number of hydrogen-bond acceptors (Lipinski definition) is 2. The molecule has 3 nitrogen and oxygen atoms in total. The molecule has 0 saturated heterocycles. The van der Waals surface area contributed by atoms with Crippen molar-refractivity contribution in [2.75, 3.05) is 11.1 Å². The third-order valence-corrected chi connectivity index (χ3v) is 2.99. The zero-order valence-corrected chi connectivity index (χ0v) is 11.0. The van der Waals surface area contributed by atoms with Gasteiger partial charge in [-0.05, 0) is 35.7 Å². The quantitative estimate of drug-likeness (QED) is 0.824. The first-order chi connectivity index (χ1) is 9.19. The lowest BCUT2D eigenvalue weighted by atomic mass is 10.1. The van der Waals surface area contributed by atoms with E-state index in [0.29, 0.717) is 6.42 Å². The fraction of sp³-hybridized carbons (Fsp3) is 0.188. The summed E-state index contributed by atoms with van der Waals surface area (Å²) in [5.74, 6) is -0.00864. The highest BCUT2D eigenvalue weighted by atomic mass is 16.1. The minimum Gasteiger partial charge on any atom is -0.399 e. The second kappa shape index (κ2) is 6.05. The Morgan fingerprint density at radius 3 is 2.58 bits per heavy atom. The summed E-state index contributed by atoms with van der Waals surface area (Å²) in [5, 5.41) is 2.94. The molecule has 0 radical (unpaired) electrons. The van der Waals surface area contributed by atoms with Gasteiger partial charge in [-0.15, -0.1) is 0 Å². The predicted molar refractivity (Wildman–Crippen MR) is 79.0 cm³/mol. The molecular formula is C16H18N2O. The highest BCUT2D eigenvalue weighted by molar-refractivity contribution is 5.93. The van der Waals surface area contributed by atoms with E-state index < -0.39 is 0 Å². The number of carbonyl (C=O) groups excluding carboxylic acids is 1. The van der Waals surface area contributed by atoms with Crippen molar-refractivity contribution in [3.05, 3.63) is 59.7 Å². The fourth-order valence-corrected chi connectivity index (χ4v) is 2.00. The van der Waals surface area contributed by atoms with Crippen LogP contribution in [-0.2, 0) is 17.6 Å². The summed E-state index contributed by atoms with van der Waals surface area (Å²) in [4.78, 5) is 12.0. The van der Waals surface area contributed by atoms with E-state index in [0.717, 1.165) is 28.9 Å². The van der Waals surface area contributed by atoms with Crippen molar-refractivity contribution in [1.29, 1.82) is 0 Å². The molecule has 0 spiro atoms. The van der Waals surface area contributed by atoms with E-state index >= 15 is 0 Å². The van der Waals surface area contributed by atoms with E-state index in [1.165, 1.54) is 0 Å². The standard InChI is InChI=1S/C16H18N2O/c1-2-13-11-14(17)8-9-15(13)18-16(19)10-12-6-4-3-5-7-12/h3-9,11H,2,10,17H2,1H3,(H,18,19). The molecule has 2 aromatic rings. The number of hydrogen-bond donors (Lipinski definition) is 2. The summed E-state index contributed by atoms with van der Waals surface area (Å²) in [5.41, 5.74) is 9.37. The Kier molecular flexibility index (Phi) is 4.18. The molecule has 0 aliphatic rings. The van der Waals surface area contributed by atoms with Crippen LogP contribution >= 0.6 is 0 Å². The molecule has 0 bridgehead atoms. The van der Waals surface area contributed by atoms with Gasteiger partial charge < -0.3 is 11.1 Å². The number of rotatable bonds is 4. The normalized spacial score (nSPS) is 10.2. The van der Waals surface area contributed by atoms with Gasteiger partial charge in [0.2, 0.25) is 5.91 Å². The van der Waals surface area contributed by atoms with E-state index in [-0.39, 0.29) is 5.91 Å². The summed E-state index contributed by atoms with van der Waals surface area (Å²) in [6, 6.07) is 15.3. The van der Waals surface area contributed by atoms with Crippen molar-refractivity contribution in [2.24, 2.45) is 0 Å². The van der Waals surface area contributed by atoms with Gasteiger partial charge in [-0.2, -0.15) is 0 Å². The molecule has 2 aromatic carbocycles. The minimum absolute atomic E-state index is 0.00864. The van der Waals surface area contributed by atoms with Crippen molar-refractivity contribution >= 4 is 17.3 Å². The number of aryl methyl sites for hydroxylation is 1. The number of nitrogen functional groups attached to an aromatic ring is 1. The van der Waals surface area contributed by atoms with E-state index in [4.69, 9.17) is 5.73 Å². The van der Waals surface area contributed by atoms with Crippen LogP contribution in [-0.4, -0.2) is 5.91 Å². The molecule has 0 aliphatic heterocycles. The number of benzene rings is 2. The Labute approximate surface area is 113 Å². The average molecular weight is 254 g/mol. The Balaban J connectivity index is 2.07. The van der Waals surface area contributed by atoms with Crippen LogP contribution in [0.15, 0.2) is 48.5 Å². The molecule has 0 fully saturated rings. The van der Waals surface area contributed by atoms with Crippen LogP contribution in [0, 0.1) is 0 Å². The van der Waals surface area contributed by atoms with Crippen LogP contribution in [0.5, 0.6) is 0 Å². The smallest absolute Gasteiger partial charge is 0.228 e. The highest BCUT2D eigenvalue weighted by Crippen LogP contribution is 2.19. The number of nitrogens with two attached hydrogens (primary N) is 1. The molecule has 98 valence electrons. The highest BCUT2D eigenvalue weighted by Gasteiger charge is 2.07. The van der Waals surface area contributed by atoms with Gasteiger partial charge in [-0.3, -0.25) is 4.79 Å². The van der Waals surface area contributed by atoms with Crippen LogP contribution in [0.4, 0.5) is 11.4 Å². The Morgan fingerprint density at radius 1 is 1.16 bits per heavy atom. The first kappa shape index (κ1) is 13.1. The molecule has 0 aliphatic carbocycles.